The zero-order valence-corrected chi connectivity index (χ0v) is 23.3. The van der Waals surface area contributed by atoms with Crippen molar-refractivity contribution in [3.8, 4) is 5.75 Å². The molecule has 3 fully saturated rings. The summed E-state index contributed by atoms with van der Waals surface area (Å²) in [5, 5.41) is 0. The molecule has 11 nitrogen and oxygen atoms in total. The van der Waals surface area contributed by atoms with Crippen LogP contribution in [0.3, 0.4) is 0 Å². The highest BCUT2D eigenvalue weighted by molar-refractivity contribution is 7.91. The van der Waals surface area contributed by atoms with Crippen LogP contribution in [-0.4, -0.2) is 92.1 Å². The molecule has 3 unspecified atom stereocenters. The number of hydrogen-bond acceptors (Lipinski definition) is 9. The molecule has 38 heavy (non-hydrogen) atoms. The maximum absolute atomic E-state index is 12.9. The highest BCUT2D eigenvalue weighted by atomic mass is 32.2. The molecule has 3 amide bonds. The molecule has 12 heteroatoms. The van der Waals surface area contributed by atoms with Crippen LogP contribution in [0.2, 0.25) is 0 Å². The van der Waals surface area contributed by atoms with Crippen LogP contribution in [0.1, 0.15) is 45.2 Å². The van der Waals surface area contributed by atoms with E-state index in [1.54, 1.807) is 32.8 Å². The second-order valence-electron chi connectivity index (χ2n) is 11.1. The topological polar surface area (TPSA) is 129 Å². The van der Waals surface area contributed by atoms with Gasteiger partial charge in [-0.1, -0.05) is 19.1 Å². The van der Waals surface area contributed by atoms with Gasteiger partial charge in [-0.3, -0.25) is 0 Å². The summed E-state index contributed by atoms with van der Waals surface area (Å²) >= 11 is 0. The van der Waals surface area contributed by atoms with E-state index in [9.17, 15) is 22.8 Å². The first-order valence-electron chi connectivity index (χ1n) is 12.8. The van der Waals surface area contributed by atoms with Crippen LogP contribution in [0.15, 0.2) is 18.2 Å². The van der Waals surface area contributed by atoms with E-state index in [1.165, 1.54) is 0 Å². The Balaban J connectivity index is 1.56. The fraction of sp³-hybridized carbons (Fsp3) is 0.654. The summed E-state index contributed by atoms with van der Waals surface area (Å²) < 4.78 is 47.4. The van der Waals surface area contributed by atoms with Crippen molar-refractivity contribution in [1.29, 1.82) is 0 Å². The van der Waals surface area contributed by atoms with E-state index in [-0.39, 0.29) is 30.2 Å². The van der Waals surface area contributed by atoms with E-state index in [0.717, 1.165) is 22.4 Å². The minimum atomic E-state index is -3.57. The molecule has 1 aromatic rings. The Kier molecular flexibility index (Phi) is 7.83. The first kappa shape index (κ1) is 28.0. The number of methoxy groups -OCH3 is 1. The maximum Gasteiger partial charge on any atom is 0.420 e. The number of nitrogens with zero attached hydrogens (tertiary/aromatic N) is 2. The summed E-state index contributed by atoms with van der Waals surface area (Å²) in [6, 6.07) is 4.51. The Morgan fingerprint density at radius 2 is 1.87 bits per heavy atom. The molecule has 0 radical (unpaired) electrons. The Hall–Kier alpha value is -3.02. The Morgan fingerprint density at radius 3 is 2.53 bits per heavy atom. The molecule has 210 valence electrons. The number of benzene rings is 1. The fourth-order valence-electron chi connectivity index (χ4n) is 5.41. The lowest BCUT2D eigenvalue weighted by Gasteiger charge is -2.33. The zero-order chi connectivity index (χ0) is 27.8. The largest absolute Gasteiger partial charge is 0.496 e. The minimum absolute atomic E-state index is 0.135. The lowest BCUT2D eigenvalue weighted by atomic mass is 9.90. The lowest BCUT2D eigenvalue weighted by molar-refractivity contribution is 0.0292. The third-order valence-corrected chi connectivity index (χ3v) is 8.71. The number of rotatable bonds is 7. The van der Waals surface area contributed by atoms with Gasteiger partial charge in [-0.2, -0.15) is 0 Å². The standard InChI is InChI=1S/C26H36N2O9S/c1-6-9-27-19(13-35-23(27)29)12-17-10-16(7-8-21(17)34-5)11-18-14-38(32,33)15-20-22(18)36-24(30)28(20)25(31)37-26(2,3)4/h7-8,10,18-20,22H,6,9,11-15H2,1-5H3/t18?,19-,20?,22?/m0/s1. The van der Waals surface area contributed by atoms with Gasteiger partial charge in [0.25, 0.3) is 0 Å². The Morgan fingerprint density at radius 1 is 1.13 bits per heavy atom. The quantitative estimate of drug-likeness (QED) is 0.468. The van der Waals surface area contributed by atoms with Crippen LogP contribution in [0.4, 0.5) is 14.4 Å². The molecule has 3 heterocycles. The van der Waals surface area contributed by atoms with Crippen LogP contribution in [0, 0.1) is 5.92 Å². The van der Waals surface area contributed by atoms with Gasteiger partial charge in [-0.15, -0.1) is 0 Å². The van der Waals surface area contributed by atoms with E-state index in [0.29, 0.717) is 25.1 Å². The van der Waals surface area contributed by atoms with Gasteiger partial charge in [0.05, 0.1) is 30.7 Å². The summed E-state index contributed by atoms with van der Waals surface area (Å²) in [4.78, 5) is 40.1. The van der Waals surface area contributed by atoms with Gasteiger partial charge in [-0.25, -0.2) is 27.7 Å². The van der Waals surface area contributed by atoms with Crippen molar-refractivity contribution >= 4 is 28.1 Å². The fourth-order valence-corrected chi connectivity index (χ4v) is 7.36. The first-order chi connectivity index (χ1) is 17.8. The number of carbonyl (C=O) groups is 3. The molecule has 4 rings (SSSR count). The minimum Gasteiger partial charge on any atom is -0.496 e. The SMILES string of the molecule is CCCN1C(=O)OC[C@@H]1Cc1cc(CC2CS(=O)(=O)CC3C2OC(=O)N3C(=O)OC(C)(C)C)ccc1OC. The monoisotopic (exact) mass is 552 g/mol. The van der Waals surface area contributed by atoms with Crippen molar-refractivity contribution < 1.29 is 41.7 Å². The van der Waals surface area contributed by atoms with Crippen LogP contribution < -0.4 is 4.74 Å². The van der Waals surface area contributed by atoms with Crippen molar-refractivity contribution in [1.82, 2.24) is 9.80 Å². The second-order valence-corrected chi connectivity index (χ2v) is 13.2. The normalized spacial score (nSPS) is 26.6. The van der Waals surface area contributed by atoms with Crippen molar-refractivity contribution in [3.05, 3.63) is 29.3 Å². The average Bonchev–Trinajstić information content (AvgIpc) is 3.31. The first-order valence-corrected chi connectivity index (χ1v) is 14.7. The van der Waals surface area contributed by atoms with Crippen molar-refractivity contribution in [2.75, 3.05) is 31.8 Å². The van der Waals surface area contributed by atoms with Gasteiger partial charge in [0, 0.05) is 12.5 Å². The van der Waals surface area contributed by atoms with Crippen molar-refractivity contribution in [2.24, 2.45) is 5.92 Å². The maximum atomic E-state index is 12.9. The number of amides is 3. The second kappa shape index (κ2) is 10.6. The van der Waals surface area contributed by atoms with Gasteiger partial charge in [0.2, 0.25) is 0 Å². The molecular formula is C26H36N2O9S. The number of imide groups is 1. The van der Waals surface area contributed by atoms with E-state index < -0.39 is 45.7 Å². The summed E-state index contributed by atoms with van der Waals surface area (Å²) in [5.41, 5.74) is 0.841. The van der Waals surface area contributed by atoms with Gasteiger partial charge in [0.15, 0.2) is 9.84 Å². The lowest BCUT2D eigenvalue weighted by Crippen LogP contribution is -2.53. The number of carbonyl (C=O) groups excluding carboxylic acids is 3. The Bertz CT molecular complexity index is 1190. The molecule has 3 aliphatic heterocycles. The highest BCUT2D eigenvalue weighted by Crippen LogP contribution is 2.36. The smallest absolute Gasteiger partial charge is 0.420 e. The molecule has 0 aliphatic carbocycles. The predicted octanol–water partition coefficient (Wildman–Crippen LogP) is 3.18. The number of sulfone groups is 1. The van der Waals surface area contributed by atoms with Crippen LogP contribution in [0.5, 0.6) is 5.75 Å². The average molecular weight is 553 g/mol. The van der Waals surface area contributed by atoms with Crippen molar-refractivity contribution in [3.63, 3.8) is 0 Å². The number of ether oxygens (including phenoxy) is 4. The number of cyclic esters (lactones) is 1. The molecule has 1 aromatic carbocycles. The predicted molar refractivity (Wildman–Crippen MR) is 137 cm³/mol. The molecule has 3 aliphatic rings. The van der Waals surface area contributed by atoms with Gasteiger partial charge < -0.3 is 23.8 Å². The van der Waals surface area contributed by atoms with E-state index in [1.807, 2.05) is 25.1 Å². The summed E-state index contributed by atoms with van der Waals surface area (Å²) in [6.07, 6.45) is -1.28. The molecule has 0 spiro atoms. The summed E-state index contributed by atoms with van der Waals surface area (Å²) in [5.74, 6) is -0.428. The van der Waals surface area contributed by atoms with Crippen LogP contribution in [0.25, 0.3) is 0 Å². The molecule has 3 saturated heterocycles. The third kappa shape index (κ3) is 6.00. The van der Waals surface area contributed by atoms with Crippen LogP contribution >= 0.6 is 0 Å². The van der Waals surface area contributed by atoms with E-state index in [4.69, 9.17) is 18.9 Å². The molecule has 4 atom stereocenters. The zero-order valence-electron chi connectivity index (χ0n) is 22.5. The molecule has 0 aromatic heterocycles. The molecule has 0 N–H and O–H groups in total. The van der Waals surface area contributed by atoms with Gasteiger partial charge in [0.1, 0.15) is 24.1 Å². The van der Waals surface area contributed by atoms with Gasteiger partial charge in [-0.05, 0) is 57.2 Å². The van der Waals surface area contributed by atoms with Crippen LogP contribution in [-0.2, 0) is 36.9 Å². The number of fused-ring (bicyclic) bond motifs is 1. The van der Waals surface area contributed by atoms with E-state index in [2.05, 4.69) is 0 Å². The summed E-state index contributed by atoms with van der Waals surface area (Å²) in [6.45, 7) is 7.87. The molecular weight excluding hydrogens is 516 g/mol. The Labute approximate surface area is 223 Å². The molecule has 0 bridgehead atoms. The van der Waals surface area contributed by atoms with Crippen molar-refractivity contribution in [2.45, 2.75) is 70.7 Å². The molecule has 0 saturated carbocycles. The number of hydrogen-bond donors (Lipinski definition) is 0. The van der Waals surface area contributed by atoms with Gasteiger partial charge >= 0.3 is 18.3 Å². The highest BCUT2D eigenvalue weighted by Gasteiger charge is 2.55. The summed E-state index contributed by atoms with van der Waals surface area (Å²) in [7, 11) is -2.00. The van der Waals surface area contributed by atoms with E-state index >= 15 is 0 Å². The third-order valence-electron chi connectivity index (χ3n) is 6.93.